The average molecular weight is 381 g/mol. The number of nitrogens with one attached hydrogen (secondary N) is 1. The summed E-state index contributed by atoms with van der Waals surface area (Å²) < 4.78 is 40.4. The molecule has 4 aromatic rings. The molecular weight excluding hydrogens is 367 g/mol. The highest BCUT2D eigenvalue weighted by molar-refractivity contribution is 6.04. The van der Waals surface area contributed by atoms with Gasteiger partial charge < -0.3 is 9.72 Å². The van der Waals surface area contributed by atoms with Crippen molar-refractivity contribution in [1.29, 1.82) is 0 Å². The van der Waals surface area contributed by atoms with E-state index in [1.807, 2.05) is 41.1 Å². The largest absolute Gasteiger partial charge is 0.416 e. The normalized spacial score (nSPS) is 11.5. The van der Waals surface area contributed by atoms with Crippen LogP contribution in [0.25, 0.3) is 16.9 Å². The number of amides is 1. The molecule has 0 aliphatic heterocycles. The molecule has 0 bridgehead atoms. The molecular formula is C21H14F3N3O. The predicted octanol–water partition coefficient (Wildman–Crippen LogP) is 5.27. The number of hydrogen-bond donors (Lipinski definition) is 1. The van der Waals surface area contributed by atoms with Crippen molar-refractivity contribution in [1.82, 2.24) is 9.38 Å². The van der Waals surface area contributed by atoms with Crippen LogP contribution in [-0.2, 0) is 6.18 Å². The molecule has 7 heteroatoms. The van der Waals surface area contributed by atoms with Crippen molar-refractivity contribution in [3.8, 4) is 11.3 Å². The first kappa shape index (κ1) is 17.8. The van der Waals surface area contributed by atoms with Gasteiger partial charge in [-0.05, 0) is 42.5 Å². The third kappa shape index (κ3) is 3.59. The maximum atomic E-state index is 12.8. The molecule has 0 atom stereocenters. The second kappa shape index (κ2) is 6.84. The van der Waals surface area contributed by atoms with Gasteiger partial charge >= 0.3 is 6.18 Å². The molecule has 0 saturated heterocycles. The lowest BCUT2D eigenvalue weighted by Crippen LogP contribution is -2.13. The Balaban J connectivity index is 1.59. The molecule has 0 unspecified atom stereocenters. The van der Waals surface area contributed by atoms with Gasteiger partial charge in [-0.25, -0.2) is 4.98 Å². The van der Waals surface area contributed by atoms with Crippen LogP contribution >= 0.6 is 0 Å². The van der Waals surface area contributed by atoms with E-state index in [0.717, 1.165) is 29.0 Å². The van der Waals surface area contributed by atoms with Crippen molar-refractivity contribution < 1.29 is 18.0 Å². The van der Waals surface area contributed by atoms with Crippen molar-refractivity contribution in [2.24, 2.45) is 0 Å². The average Bonchev–Trinajstić information content (AvgIpc) is 3.12. The molecule has 2 aromatic heterocycles. The van der Waals surface area contributed by atoms with E-state index in [1.54, 1.807) is 18.2 Å². The zero-order chi connectivity index (χ0) is 19.7. The molecule has 28 heavy (non-hydrogen) atoms. The number of pyridine rings is 1. The van der Waals surface area contributed by atoms with Crippen LogP contribution in [0.3, 0.4) is 0 Å². The smallest absolute Gasteiger partial charge is 0.322 e. The third-order valence-corrected chi connectivity index (χ3v) is 4.23. The number of hydrogen-bond acceptors (Lipinski definition) is 2. The maximum Gasteiger partial charge on any atom is 0.416 e. The van der Waals surface area contributed by atoms with E-state index in [9.17, 15) is 18.0 Å². The summed E-state index contributed by atoms with van der Waals surface area (Å²) in [5.74, 6) is -0.613. The first-order chi connectivity index (χ1) is 13.4. The Morgan fingerprint density at radius 2 is 1.79 bits per heavy atom. The molecule has 0 radical (unpaired) electrons. The topological polar surface area (TPSA) is 46.4 Å². The number of carbonyl (C=O) groups excluding carboxylic acids is 1. The van der Waals surface area contributed by atoms with E-state index in [1.165, 1.54) is 12.1 Å². The van der Waals surface area contributed by atoms with Crippen LogP contribution in [0.4, 0.5) is 18.9 Å². The van der Waals surface area contributed by atoms with E-state index in [0.29, 0.717) is 5.69 Å². The number of alkyl halides is 3. The first-order valence-corrected chi connectivity index (χ1v) is 8.43. The Morgan fingerprint density at radius 1 is 0.964 bits per heavy atom. The fourth-order valence-corrected chi connectivity index (χ4v) is 2.87. The van der Waals surface area contributed by atoms with Gasteiger partial charge in [-0.15, -0.1) is 0 Å². The lowest BCUT2D eigenvalue weighted by Gasteiger charge is -2.10. The van der Waals surface area contributed by atoms with E-state index >= 15 is 0 Å². The molecule has 1 amide bonds. The Labute approximate surface area is 158 Å². The number of imidazole rings is 1. The van der Waals surface area contributed by atoms with E-state index < -0.39 is 17.6 Å². The van der Waals surface area contributed by atoms with Gasteiger partial charge in [-0.2, -0.15) is 13.2 Å². The molecule has 0 spiro atoms. The van der Waals surface area contributed by atoms with Crippen molar-refractivity contribution in [3.63, 3.8) is 0 Å². The summed E-state index contributed by atoms with van der Waals surface area (Å²) in [6.45, 7) is 0. The number of aromatic nitrogens is 2. The Hall–Kier alpha value is -3.61. The van der Waals surface area contributed by atoms with Crippen LogP contribution in [0.2, 0.25) is 0 Å². The zero-order valence-electron chi connectivity index (χ0n) is 14.4. The fourth-order valence-electron chi connectivity index (χ4n) is 2.87. The number of rotatable bonds is 3. The SMILES string of the molecule is O=C(Nc1cccc(-c2cn3ccccc3n2)c1)c1cccc(C(F)(F)F)c1. The molecule has 0 fully saturated rings. The highest BCUT2D eigenvalue weighted by Gasteiger charge is 2.30. The fraction of sp³-hybridized carbons (Fsp3) is 0.0476. The van der Waals surface area contributed by atoms with Gasteiger partial charge in [0, 0.05) is 29.2 Å². The van der Waals surface area contributed by atoms with Crippen LogP contribution in [-0.4, -0.2) is 15.3 Å². The second-order valence-corrected chi connectivity index (χ2v) is 6.21. The lowest BCUT2D eigenvalue weighted by molar-refractivity contribution is -0.137. The molecule has 1 N–H and O–H groups in total. The first-order valence-electron chi connectivity index (χ1n) is 8.43. The minimum Gasteiger partial charge on any atom is -0.322 e. The van der Waals surface area contributed by atoms with E-state index in [4.69, 9.17) is 0 Å². The quantitative estimate of drug-likeness (QED) is 0.525. The van der Waals surface area contributed by atoms with E-state index in [-0.39, 0.29) is 5.56 Å². The minimum absolute atomic E-state index is 0.0621. The number of fused-ring (bicyclic) bond motifs is 1. The zero-order valence-corrected chi connectivity index (χ0v) is 14.4. The third-order valence-electron chi connectivity index (χ3n) is 4.23. The minimum atomic E-state index is -4.50. The molecule has 0 aliphatic carbocycles. The Morgan fingerprint density at radius 3 is 2.57 bits per heavy atom. The molecule has 2 aromatic carbocycles. The predicted molar refractivity (Wildman–Crippen MR) is 100 cm³/mol. The second-order valence-electron chi connectivity index (χ2n) is 6.21. The number of nitrogens with zero attached hydrogens (tertiary/aromatic N) is 2. The van der Waals surface area contributed by atoms with Crippen molar-refractivity contribution in [2.45, 2.75) is 6.18 Å². The summed E-state index contributed by atoms with van der Waals surface area (Å²) >= 11 is 0. The van der Waals surface area contributed by atoms with Gasteiger partial charge in [-0.1, -0.05) is 24.3 Å². The van der Waals surface area contributed by atoms with Gasteiger partial charge in [0.25, 0.3) is 5.91 Å². The number of benzene rings is 2. The van der Waals surface area contributed by atoms with E-state index in [2.05, 4.69) is 10.3 Å². The van der Waals surface area contributed by atoms with Gasteiger partial charge in [0.1, 0.15) is 5.65 Å². The summed E-state index contributed by atoms with van der Waals surface area (Å²) in [5, 5.41) is 2.64. The Bertz CT molecular complexity index is 1130. The monoisotopic (exact) mass is 381 g/mol. The van der Waals surface area contributed by atoms with Crippen LogP contribution in [0.5, 0.6) is 0 Å². The molecule has 4 rings (SSSR count). The van der Waals surface area contributed by atoms with Crippen LogP contribution in [0, 0.1) is 0 Å². The van der Waals surface area contributed by atoms with Gasteiger partial charge in [-0.3, -0.25) is 4.79 Å². The van der Waals surface area contributed by atoms with Gasteiger partial charge in [0.15, 0.2) is 0 Å². The van der Waals surface area contributed by atoms with Gasteiger partial charge in [0.2, 0.25) is 0 Å². The molecule has 2 heterocycles. The highest BCUT2D eigenvalue weighted by Crippen LogP contribution is 2.30. The lowest BCUT2D eigenvalue weighted by atomic mass is 10.1. The number of anilines is 1. The summed E-state index contributed by atoms with van der Waals surface area (Å²) in [5.41, 5.74) is 1.84. The van der Waals surface area contributed by atoms with Crippen molar-refractivity contribution >= 4 is 17.2 Å². The van der Waals surface area contributed by atoms with Crippen LogP contribution < -0.4 is 5.32 Å². The molecule has 0 aliphatic rings. The number of halogens is 3. The summed E-state index contributed by atoms with van der Waals surface area (Å²) in [6, 6.07) is 17.0. The standard InChI is InChI=1S/C21H14F3N3O/c22-21(23,24)16-7-3-6-15(11-16)20(28)25-17-8-4-5-14(12-17)18-13-27-10-2-1-9-19(27)26-18/h1-13H,(H,25,28). The van der Waals surface area contributed by atoms with Gasteiger partial charge in [0.05, 0.1) is 11.3 Å². The summed E-state index contributed by atoms with van der Waals surface area (Å²) in [7, 11) is 0. The summed E-state index contributed by atoms with van der Waals surface area (Å²) in [6.07, 6.45) is -0.756. The molecule has 0 saturated carbocycles. The summed E-state index contributed by atoms with van der Waals surface area (Å²) in [4.78, 5) is 16.9. The molecule has 140 valence electrons. The van der Waals surface area contributed by atoms with Crippen molar-refractivity contribution in [2.75, 3.05) is 5.32 Å². The maximum absolute atomic E-state index is 12.8. The Kier molecular flexibility index (Phi) is 4.35. The highest BCUT2D eigenvalue weighted by atomic mass is 19.4. The van der Waals surface area contributed by atoms with Crippen molar-refractivity contribution in [3.05, 3.63) is 90.3 Å². The van der Waals surface area contributed by atoms with Crippen LogP contribution in [0.1, 0.15) is 15.9 Å². The van der Waals surface area contributed by atoms with Crippen LogP contribution in [0.15, 0.2) is 79.1 Å². The molecule has 4 nitrogen and oxygen atoms in total. The number of carbonyl (C=O) groups is 1.